The van der Waals surface area contributed by atoms with Crippen LogP contribution in [0.3, 0.4) is 0 Å². The van der Waals surface area contributed by atoms with E-state index in [9.17, 15) is 9.90 Å². The Bertz CT molecular complexity index is 738. The Morgan fingerprint density at radius 1 is 1.17 bits per heavy atom. The van der Waals surface area contributed by atoms with Crippen LogP contribution >= 0.6 is 23.4 Å². The fourth-order valence-electron chi connectivity index (χ4n) is 2.26. The summed E-state index contributed by atoms with van der Waals surface area (Å²) in [4.78, 5) is 12.4. The molecule has 0 unspecified atom stereocenters. The second kappa shape index (κ2) is 6.85. The lowest BCUT2D eigenvalue weighted by Crippen LogP contribution is -2.13. The number of carbonyl (C=O) groups is 1. The van der Waals surface area contributed by atoms with Gasteiger partial charge in [0.25, 0.3) is 0 Å². The van der Waals surface area contributed by atoms with Gasteiger partial charge in [-0.2, -0.15) is 0 Å². The molecule has 0 spiro atoms. The molecular weight excluding hydrogens is 330 g/mol. The van der Waals surface area contributed by atoms with Crippen LogP contribution in [0, 0.1) is 0 Å². The lowest BCUT2D eigenvalue weighted by Gasteiger charge is -2.21. The van der Waals surface area contributed by atoms with Crippen LogP contribution in [0.25, 0.3) is 0 Å². The molecule has 0 bridgehead atoms. The molecule has 0 saturated carbocycles. The van der Waals surface area contributed by atoms with Gasteiger partial charge >= 0.3 is 5.97 Å². The van der Waals surface area contributed by atoms with Crippen LogP contribution in [0.5, 0.6) is 0 Å². The number of benzene rings is 2. The number of halogens is 1. The average molecular weight is 350 g/mol. The van der Waals surface area contributed by atoms with Crippen molar-refractivity contribution in [3.05, 3.63) is 52.5 Å². The quantitative estimate of drug-likeness (QED) is 0.685. The van der Waals surface area contributed by atoms with E-state index in [2.05, 4.69) is 26.1 Å². The largest absolute Gasteiger partial charge is 0.478 e. The molecule has 0 atom stereocenters. The van der Waals surface area contributed by atoms with Gasteiger partial charge in [-0.15, -0.1) is 11.8 Å². The molecule has 0 aliphatic carbocycles. The van der Waals surface area contributed by atoms with E-state index < -0.39 is 5.97 Å². The summed E-state index contributed by atoms with van der Waals surface area (Å²) >= 11 is 7.75. The van der Waals surface area contributed by atoms with Crippen LogP contribution in [0.1, 0.15) is 36.7 Å². The maximum atomic E-state index is 11.5. The molecule has 0 aromatic heterocycles. The molecule has 3 nitrogen and oxygen atoms in total. The smallest absolute Gasteiger partial charge is 0.337 e. The van der Waals surface area contributed by atoms with E-state index in [4.69, 9.17) is 11.6 Å². The third kappa shape index (κ3) is 4.01. The maximum absolute atomic E-state index is 11.5. The Kier molecular flexibility index (Phi) is 5.27. The zero-order chi connectivity index (χ0) is 17.2. The SMILES string of the molecule is CSc1c(Cl)cccc1Nc1cc(C(C)(C)C)ccc1C(=O)O. The first-order valence-corrected chi connectivity index (χ1v) is 8.81. The zero-order valence-electron chi connectivity index (χ0n) is 13.6. The van der Waals surface area contributed by atoms with Crippen LogP contribution in [-0.2, 0) is 5.41 Å². The van der Waals surface area contributed by atoms with Gasteiger partial charge in [-0.1, -0.05) is 44.5 Å². The molecule has 0 heterocycles. The van der Waals surface area contributed by atoms with E-state index in [1.165, 1.54) is 11.8 Å². The summed E-state index contributed by atoms with van der Waals surface area (Å²) in [6, 6.07) is 11.0. The van der Waals surface area contributed by atoms with Gasteiger partial charge in [0, 0.05) is 4.90 Å². The third-order valence-electron chi connectivity index (χ3n) is 3.56. The number of hydrogen-bond acceptors (Lipinski definition) is 3. The number of hydrogen-bond donors (Lipinski definition) is 2. The Hall–Kier alpha value is -1.65. The molecule has 0 amide bonds. The summed E-state index contributed by atoms with van der Waals surface area (Å²) in [5.41, 5.74) is 2.62. The van der Waals surface area contributed by atoms with E-state index in [1.54, 1.807) is 6.07 Å². The first-order valence-electron chi connectivity index (χ1n) is 7.21. The van der Waals surface area contributed by atoms with Crippen molar-refractivity contribution in [2.24, 2.45) is 0 Å². The minimum Gasteiger partial charge on any atom is -0.478 e. The minimum absolute atomic E-state index is 0.0653. The van der Waals surface area contributed by atoms with Crippen molar-refractivity contribution in [3.63, 3.8) is 0 Å². The van der Waals surface area contributed by atoms with Crippen molar-refractivity contribution >= 4 is 40.7 Å². The molecule has 2 aromatic carbocycles. The maximum Gasteiger partial charge on any atom is 0.337 e. The van der Waals surface area contributed by atoms with Gasteiger partial charge in [-0.25, -0.2) is 4.79 Å². The number of rotatable bonds is 4. The van der Waals surface area contributed by atoms with Crippen LogP contribution in [0.2, 0.25) is 5.02 Å². The molecule has 23 heavy (non-hydrogen) atoms. The Morgan fingerprint density at radius 2 is 1.87 bits per heavy atom. The normalized spacial score (nSPS) is 11.3. The molecule has 0 fully saturated rings. The summed E-state index contributed by atoms with van der Waals surface area (Å²) in [6.45, 7) is 6.29. The summed E-state index contributed by atoms with van der Waals surface area (Å²) in [7, 11) is 0. The summed E-state index contributed by atoms with van der Waals surface area (Å²) in [5.74, 6) is -0.958. The summed E-state index contributed by atoms with van der Waals surface area (Å²) in [6.07, 6.45) is 1.94. The van der Waals surface area contributed by atoms with Gasteiger partial charge in [0.2, 0.25) is 0 Å². The minimum atomic E-state index is -0.958. The van der Waals surface area contributed by atoms with Gasteiger partial charge < -0.3 is 10.4 Å². The lowest BCUT2D eigenvalue weighted by atomic mass is 9.86. The summed E-state index contributed by atoms with van der Waals surface area (Å²) in [5, 5.41) is 13.3. The van der Waals surface area contributed by atoms with E-state index in [1.807, 2.05) is 36.6 Å². The van der Waals surface area contributed by atoms with Crippen molar-refractivity contribution in [1.82, 2.24) is 0 Å². The van der Waals surface area contributed by atoms with Crippen molar-refractivity contribution in [1.29, 1.82) is 0 Å². The van der Waals surface area contributed by atoms with Crippen LogP contribution in [-0.4, -0.2) is 17.3 Å². The molecule has 2 aromatic rings. The Labute approximate surface area is 146 Å². The number of aromatic carboxylic acids is 1. The Balaban J connectivity index is 2.54. The molecule has 122 valence electrons. The average Bonchev–Trinajstić information content (AvgIpc) is 2.46. The topological polar surface area (TPSA) is 49.3 Å². The predicted molar refractivity (Wildman–Crippen MR) is 98.6 cm³/mol. The van der Waals surface area contributed by atoms with E-state index in [-0.39, 0.29) is 11.0 Å². The van der Waals surface area contributed by atoms with E-state index >= 15 is 0 Å². The van der Waals surface area contributed by atoms with Gasteiger partial charge in [0.05, 0.1) is 22.0 Å². The van der Waals surface area contributed by atoms with E-state index in [0.717, 1.165) is 16.1 Å². The van der Waals surface area contributed by atoms with Gasteiger partial charge in [-0.05, 0) is 41.5 Å². The molecule has 5 heteroatoms. The van der Waals surface area contributed by atoms with Gasteiger partial charge in [0.1, 0.15) is 0 Å². The summed E-state index contributed by atoms with van der Waals surface area (Å²) < 4.78 is 0. The van der Waals surface area contributed by atoms with Crippen molar-refractivity contribution in [2.45, 2.75) is 31.1 Å². The lowest BCUT2D eigenvalue weighted by molar-refractivity contribution is 0.0698. The highest BCUT2D eigenvalue weighted by Crippen LogP contribution is 2.36. The first kappa shape index (κ1) is 17.7. The predicted octanol–water partition coefficient (Wildman–Crippen LogP) is 5.80. The molecular formula is C18H20ClNO2S. The number of nitrogens with one attached hydrogen (secondary N) is 1. The van der Waals surface area contributed by atoms with Crippen LogP contribution < -0.4 is 5.32 Å². The highest BCUT2D eigenvalue weighted by atomic mass is 35.5. The van der Waals surface area contributed by atoms with Crippen LogP contribution in [0.15, 0.2) is 41.3 Å². The van der Waals surface area contributed by atoms with Gasteiger partial charge in [0.15, 0.2) is 0 Å². The van der Waals surface area contributed by atoms with Crippen molar-refractivity contribution < 1.29 is 9.90 Å². The monoisotopic (exact) mass is 349 g/mol. The van der Waals surface area contributed by atoms with E-state index in [0.29, 0.717) is 10.7 Å². The van der Waals surface area contributed by atoms with Crippen molar-refractivity contribution in [2.75, 3.05) is 11.6 Å². The number of carboxylic acids is 1. The third-order valence-corrected chi connectivity index (χ3v) is 4.83. The first-order chi connectivity index (χ1) is 10.7. The fourth-order valence-corrected chi connectivity index (χ4v) is 3.27. The Morgan fingerprint density at radius 3 is 2.43 bits per heavy atom. The highest BCUT2D eigenvalue weighted by molar-refractivity contribution is 7.98. The molecule has 2 rings (SSSR count). The molecule has 0 radical (unpaired) electrons. The number of thioether (sulfide) groups is 1. The van der Waals surface area contributed by atoms with Gasteiger partial charge in [-0.3, -0.25) is 0 Å². The molecule has 0 aliphatic rings. The number of carboxylic acid groups (broad SMARTS) is 1. The zero-order valence-corrected chi connectivity index (χ0v) is 15.2. The molecule has 0 saturated heterocycles. The highest BCUT2D eigenvalue weighted by Gasteiger charge is 2.19. The standard InChI is InChI=1S/C18H20ClNO2S/c1-18(2,3)11-8-9-12(17(21)22)15(10-11)20-14-7-5-6-13(19)16(14)23-4/h5-10,20H,1-4H3,(H,21,22). The fraction of sp³-hybridized carbons (Fsp3) is 0.278. The second-order valence-electron chi connectivity index (χ2n) is 6.26. The van der Waals surface area contributed by atoms with Crippen molar-refractivity contribution in [3.8, 4) is 0 Å². The molecule has 2 N–H and O–H groups in total. The van der Waals surface area contributed by atoms with Crippen LogP contribution in [0.4, 0.5) is 11.4 Å². The second-order valence-corrected chi connectivity index (χ2v) is 7.48. The molecule has 0 aliphatic heterocycles. The number of anilines is 2.